The number of alkyl halides is 3. The number of nitrogens with zero attached hydrogens (tertiary/aromatic N) is 1. The van der Waals surface area contributed by atoms with Crippen LogP contribution in [-0.4, -0.2) is 43.3 Å². The summed E-state index contributed by atoms with van der Waals surface area (Å²) in [6, 6.07) is 7.75. The third-order valence-electron chi connectivity index (χ3n) is 5.59. The minimum absolute atomic E-state index is 0.184. The molecule has 0 aromatic heterocycles. The first kappa shape index (κ1) is 23.2. The van der Waals surface area contributed by atoms with Crippen LogP contribution >= 0.6 is 11.6 Å². The summed E-state index contributed by atoms with van der Waals surface area (Å²) in [4.78, 5) is 13.3. The summed E-state index contributed by atoms with van der Waals surface area (Å²) in [5.41, 5.74) is 0.0628. The van der Waals surface area contributed by atoms with Crippen molar-refractivity contribution < 1.29 is 32.5 Å². The van der Waals surface area contributed by atoms with Crippen LogP contribution in [0.25, 0.3) is 0 Å². The highest BCUT2D eigenvalue weighted by Crippen LogP contribution is 2.44. The molecule has 1 N–H and O–H groups in total. The van der Waals surface area contributed by atoms with Gasteiger partial charge in [0.2, 0.25) is 0 Å². The summed E-state index contributed by atoms with van der Waals surface area (Å²) < 4.78 is 51.3. The minimum Gasteiger partial charge on any atom is -0.493 e. The zero-order valence-corrected chi connectivity index (χ0v) is 17.8. The number of methoxy groups -OCH3 is 2. The number of rotatable bonds is 6. The van der Waals surface area contributed by atoms with Gasteiger partial charge in [0.05, 0.1) is 31.7 Å². The Morgan fingerprint density at radius 1 is 1.13 bits per heavy atom. The molecule has 0 bridgehead atoms. The van der Waals surface area contributed by atoms with E-state index < -0.39 is 29.7 Å². The Labute approximate surface area is 183 Å². The van der Waals surface area contributed by atoms with Crippen molar-refractivity contribution in [3.05, 3.63) is 58.1 Å². The third kappa shape index (κ3) is 4.91. The number of ether oxygens (including phenoxy) is 2. The van der Waals surface area contributed by atoms with E-state index in [1.165, 1.54) is 20.3 Å². The van der Waals surface area contributed by atoms with Crippen molar-refractivity contribution in [3.63, 3.8) is 0 Å². The van der Waals surface area contributed by atoms with Crippen LogP contribution in [0.2, 0.25) is 5.02 Å². The Morgan fingerprint density at radius 3 is 2.35 bits per heavy atom. The van der Waals surface area contributed by atoms with Gasteiger partial charge in [-0.05, 0) is 55.8 Å². The Hall–Kier alpha value is -2.45. The van der Waals surface area contributed by atoms with Gasteiger partial charge < -0.3 is 14.6 Å². The Balaban J connectivity index is 2.15. The summed E-state index contributed by atoms with van der Waals surface area (Å²) >= 11 is 6.40. The average Bonchev–Trinajstić information content (AvgIpc) is 2.74. The van der Waals surface area contributed by atoms with Gasteiger partial charge in [0, 0.05) is 10.6 Å². The van der Waals surface area contributed by atoms with Crippen LogP contribution in [0.3, 0.4) is 0 Å². The normalized spacial score (nSPS) is 16.7. The molecule has 2 aromatic rings. The molecule has 0 aliphatic carbocycles. The first-order valence-electron chi connectivity index (χ1n) is 9.71. The molecule has 0 radical (unpaired) electrons. The van der Waals surface area contributed by atoms with E-state index in [-0.39, 0.29) is 10.6 Å². The predicted octanol–water partition coefficient (Wildman–Crippen LogP) is 5.26. The lowest BCUT2D eigenvalue weighted by Gasteiger charge is -2.38. The van der Waals surface area contributed by atoms with Crippen LogP contribution in [0.5, 0.6) is 11.5 Å². The van der Waals surface area contributed by atoms with E-state index in [2.05, 4.69) is 0 Å². The van der Waals surface area contributed by atoms with Crippen LogP contribution in [-0.2, 0) is 11.0 Å². The number of para-hydroxylation sites is 1. The van der Waals surface area contributed by atoms with Crippen molar-refractivity contribution in [2.75, 3.05) is 27.3 Å². The first-order valence-corrected chi connectivity index (χ1v) is 10.1. The number of benzene rings is 2. The van der Waals surface area contributed by atoms with E-state index in [4.69, 9.17) is 21.1 Å². The van der Waals surface area contributed by atoms with Crippen molar-refractivity contribution in [1.82, 2.24) is 4.90 Å². The van der Waals surface area contributed by atoms with E-state index in [0.717, 1.165) is 12.1 Å². The summed E-state index contributed by atoms with van der Waals surface area (Å²) in [6.07, 6.45) is -3.76. The van der Waals surface area contributed by atoms with Crippen LogP contribution in [0, 0.1) is 5.92 Å². The van der Waals surface area contributed by atoms with E-state index in [0.29, 0.717) is 43.0 Å². The van der Waals surface area contributed by atoms with Gasteiger partial charge in [-0.1, -0.05) is 23.7 Å². The monoisotopic (exact) mass is 457 g/mol. The smallest absolute Gasteiger partial charge is 0.416 e. The maximum Gasteiger partial charge on any atom is 0.416 e. The van der Waals surface area contributed by atoms with Crippen molar-refractivity contribution >= 4 is 17.6 Å². The second kappa shape index (κ2) is 9.36. The molecule has 1 aliphatic heterocycles. The predicted molar refractivity (Wildman–Crippen MR) is 110 cm³/mol. The van der Waals surface area contributed by atoms with Crippen LogP contribution in [0.15, 0.2) is 36.4 Å². The Kier molecular flexibility index (Phi) is 7.01. The van der Waals surface area contributed by atoms with Gasteiger partial charge in [-0.15, -0.1) is 0 Å². The van der Waals surface area contributed by atoms with Crippen molar-refractivity contribution in [3.8, 4) is 11.5 Å². The quantitative estimate of drug-likeness (QED) is 0.641. The highest BCUT2D eigenvalue weighted by molar-refractivity contribution is 6.31. The number of carbonyl (C=O) groups is 1. The average molecular weight is 458 g/mol. The minimum atomic E-state index is -4.53. The van der Waals surface area contributed by atoms with Crippen molar-refractivity contribution in [1.29, 1.82) is 0 Å². The molecule has 168 valence electrons. The summed E-state index contributed by atoms with van der Waals surface area (Å²) in [5.74, 6) is -0.522. The van der Waals surface area contributed by atoms with E-state index in [9.17, 15) is 23.1 Å². The molecule has 5 nitrogen and oxygen atoms in total. The molecular formula is C22H23ClF3NO4. The van der Waals surface area contributed by atoms with Crippen molar-refractivity contribution in [2.24, 2.45) is 5.92 Å². The summed E-state index contributed by atoms with van der Waals surface area (Å²) in [6.45, 7) is 0.767. The van der Waals surface area contributed by atoms with Gasteiger partial charge in [0.1, 0.15) is 0 Å². The highest BCUT2D eigenvalue weighted by atomic mass is 35.5. The number of hydrogen-bond donors (Lipinski definition) is 1. The molecular weight excluding hydrogens is 435 g/mol. The summed E-state index contributed by atoms with van der Waals surface area (Å²) in [5, 5.41) is 9.50. The molecule has 1 atom stereocenters. The molecule has 1 unspecified atom stereocenters. The number of likely N-dealkylation sites (tertiary alicyclic amines) is 1. The molecule has 1 heterocycles. The SMILES string of the molecule is COc1cccc(C(c2cc(C(F)(F)F)ccc2Cl)N2CCC(C(=O)O)CC2)c1OC. The molecule has 9 heteroatoms. The third-order valence-corrected chi connectivity index (χ3v) is 5.93. The van der Waals surface area contributed by atoms with Gasteiger partial charge >= 0.3 is 12.1 Å². The lowest BCUT2D eigenvalue weighted by Crippen LogP contribution is -2.39. The van der Waals surface area contributed by atoms with Gasteiger partial charge in [-0.2, -0.15) is 13.2 Å². The number of aliphatic carboxylic acids is 1. The highest BCUT2D eigenvalue weighted by Gasteiger charge is 2.36. The molecule has 1 fully saturated rings. The number of carboxylic acids is 1. The maximum absolute atomic E-state index is 13.4. The fourth-order valence-electron chi connectivity index (χ4n) is 4.02. The van der Waals surface area contributed by atoms with Gasteiger partial charge in [0.25, 0.3) is 0 Å². The van der Waals surface area contributed by atoms with Crippen molar-refractivity contribution in [2.45, 2.75) is 25.1 Å². The Bertz CT molecular complexity index is 943. The molecule has 3 rings (SSSR count). The Morgan fingerprint density at radius 2 is 1.81 bits per heavy atom. The van der Waals surface area contributed by atoms with Gasteiger partial charge in [0.15, 0.2) is 11.5 Å². The number of halogens is 4. The topological polar surface area (TPSA) is 59.0 Å². The second-order valence-electron chi connectivity index (χ2n) is 7.37. The largest absolute Gasteiger partial charge is 0.493 e. The zero-order chi connectivity index (χ0) is 22.8. The van der Waals surface area contributed by atoms with Crippen LogP contribution in [0.1, 0.15) is 35.6 Å². The maximum atomic E-state index is 13.4. The fourth-order valence-corrected chi connectivity index (χ4v) is 4.24. The molecule has 0 saturated carbocycles. The summed E-state index contributed by atoms with van der Waals surface area (Å²) in [7, 11) is 2.94. The molecule has 1 saturated heterocycles. The van der Waals surface area contributed by atoms with E-state index in [1.807, 2.05) is 4.90 Å². The van der Waals surface area contributed by atoms with E-state index in [1.54, 1.807) is 18.2 Å². The first-order chi connectivity index (χ1) is 14.7. The van der Waals surface area contributed by atoms with Crippen LogP contribution in [0.4, 0.5) is 13.2 Å². The zero-order valence-electron chi connectivity index (χ0n) is 17.1. The molecule has 0 spiro atoms. The number of carboxylic acid groups (broad SMARTS) is 1. The molecule has 31 heavy (non-hydrogen) atoms. The molecule has 1 aliphatic rings. The second-order valence-corrected chi connectivity index (χ2v) is 7.78. The fraction of sp³-hybridized carbons (Fsp3) is 0.409. The van der Waals surface area contributed by atoms with Gasteiger partial charge in [-0.3, -0.25) is 9.69 Å². The van der Waals surface area contributed by atoms with Crippen LogP contribution < -0.4 is 9.47 Å². The lowest BCUT2D eigenvalue weighted by molar-refractivity contribution is -0.143. The standard InChI is InChI=1S/C22H23ClF3NO4/c1-30-18-5-3-4-15(20(18)31-2)19(27-10-8-13(9-11-27)21(28)29)16-12-14(22(24,25)26)6-7-17(16)23/h3-7,12-13,19H,8-11H2,1-2H3,(H,28,29). The lowest BCUT2D eigenvalue weighted by atomic mass is 9.90. The number of hydrogen-bond acceptors (Lipinski definition) is 4. The van der Waals surface area contributed by atoms with E-state index >= 15 is 0 Å². The molecule has 2 aromatic carbocycles. The molecule has 0 amide bonds. The van der Waals surface area contributed by atoms with Gasteiger partial charge in [-0.25, -0.2) is 0 Å². The number of piperidine rings is 1.